The van der Waals surface area contributed by atoms with Crippen molar-refractivity contribution >= 4 is 30.1 Å². The molecule has 0 aromatic heterocycles. The van der Waals surface area contributed by atoms with Crippen molar-refractivity contribution in [2.45, 2.75) is 108 Å². The van der Waals surface area contributed by atoms with Gasteiger partial charge in [-0.2, -0.15) is 0 Å². The van der Waals surface area contributed by atoms with Gasteiger partial charge < -0.3 is 49.4 Å². The maximum atomic E-state index is 15.1. The zero-order valence-electron chi connectivity index (χ0n) is 28.1. The van der Waals surface area contributed by atoms with E-state index in [1.165, 1.54) is 20.8 Å². The number of esters is 3. The number of rotatable bonds is 9. The van der Waals surface area contributed by atoms with Gasteiger partial charge in [-0.3, -0.25) is 19.2 Å². The summed E-state index contributed by atoms with van der Waals surface area (Å²) in [7, 11) is 0. The molecule has 49 heavy (non-hydrogen) atoms. The van der Waals surface area contributed by atoms with Crippen molar-refractivity contribution in [1.29, 1.82) is 0 Å². The number of aliphatic hydroxyl groups is 4. The van der Waals surface area contributed by atoms with Crippen LogP contribution in [0.5, 0.6) is 5.75 Å². The lowest BCUT2D eigenvalue weighted by Crippen LogP contribution is -2.82. The van der Waals surface area contributed by atoms with Gasteiger partial charge >= 0.3 is 17.9 Å². The van der Waals surface area contributed by atoms with Crippen LogP contribution in [0.2, 0.25) is 0 Å². The van der Waals surface area contributed by atoms with E-state index in [0.29, 0.717) is 0 Å². The minimum atomic E-state index is -2.24. The van der Waals surface area contributed by atoms with Crippen molar-refractivity contribution in [2.24, 2.45) is 16.7 Å². The fraction of sp³-hybridized carbons (Fsp3) is 0.618. The topological polar surface area (TPSA) is 224 Å². The van der Waals surface area contributed by atoms with Gasteiger partial charge in [0.25, 0.3) is 0 Å². The molecule has 3 aliphatic carbocycles. The maximum Gasteiger partial charge on any atom is 0.340 e. The predicted octanol–water partition coefficient (Wildman–Crippen LogP) is -0.149. The van der Waals surface area contributed by atoms with Crippen molar-refractivity contribution in [3.8, 4) is 5.75 Å². The average Bonchev–Trinajstić information content (AvgIpc) is 3.02. The van der Waals surface area contributed by atoms with Crippen LogP contribution in [0.15, 0.2) is 41.5 Å². The summed E-state index contributed by atoms with van der Waals surface area (Å²) >= 11 is 0. The third-order valence-corrected chi connectivity index (χ3v) is 11.0. The smallest absolute Gasteiger partial charge is 0.340 e. The molecule has 0 spiro atoms. The molecule has 0 radical (unpaired) electrons. The number of fused-ring (bicyclic) bond motifs is 5. The molecule has 15 heteroatoms. The van der Waals surface area contributed by atoms with Gasteiger partial charge in [0.15, 0.2) is 29.8 Å². The third-order valence-electron chi connectivity index (χ3n) is 11.0. The van der Waals surface area contributed by atoms with Crippen molar-refractivity contribution in [2.75, 3.05) is 6.61 Å². The first kappa shape index (κ1) is 36.4. The number of carbonyl (C=O) groups excluding carboxylic acids is 5. The summed E-state index contributed by atoms with van der Waals surface area (Å²) in [4.78, 5) is 64.5. The summed E-state index contributed by atoms with van der Waals surface area (Å²) in [6.45, 7) is 8.25. The number of hydrogen-bond acceptors (Lipinski definition) is 14. The summed E-state index contributed by atoms with van der Waals surface area (Å²) in [6, 6.07) is 8.33. The van der Waals surface area contributed by atoms with Gasteiger partial charge in [0.1, 0.15) is 29.7 Å². The van der Waals surface area contributed by atoms with E-state index >= 15 is 4.79 Å². The minimum absolute atomic E-state index is 0.0577. The molecule has 5 N–H and O–H groups in total. The molecule has 1 heterocycles. The second-order valence-corrected chi connectivity index (χ2v) is 14.0. The van der Waals surface area contributed by atoms with Crippen LogP contribution in [0, 0.1) is 16.7 Å². The van der Waals surface area contributed by atoms with Crippen LogP contribution in [-0.2, 0) is 42.9 Å². The molecule has 5 rings (SSSR count). The van der Waals surface area contributed by atoms with E-state index in [-0.39, 0.29) is 36.3 Å². The molecule has 1 amide bonds. The first-order chi connectivity index (χ1) is 22.9. The van der Waals surface area contributed by atoms with Gasteiger partial charge in [-0.25, -0.2) is 4.79 Å². The Morgan fingerprint density at radius 3 is 2.27 bits per heavy atom. The van der Waals surface area contributed by atoms with Crippen molar-refractivity contribution < 1.29 is 68.1 Å². The van der Waals surface area contributed by atoms with Crippen LogP contribution in [0.3, 0.4) is 0 Å². The highest BCUT2D eigenvalue weighted by Crippen LogP contribution is 2.64. The number of para-hydroxylation sites is 1. The molecule has 15 nitrogen and oxygen atoms in total. The van der Waals surface area contributed by atoms with Gasteiger partial charge in [-0.1, -0.05) is 32.0 Å². The number of nitrogens with one attached hydrogen (secondary N) is 1. The number of aliphatic hydroxyl groups excluding tert-OH is 3. The van der Waals surface area contributed by atoms with E-state index in [4.69, 9.17) is 23.7 Å². The van der Waals surface area contributed by atoms with E-state index in [0.717, 1.165) is 6.92 Å². The number of Topliss-reactive ketones (excluding diaryl/α,β-unsaturated/α-hetero) is 1. The molecular weight excluding hydrogens is 646 g/mol. The Morgan fingerprint density at radius 2 is 1.71 bits per heavy atom. The van der Waals surface area contributed by atoms with E-state index in [1.807, 2.05) is 5.32 Å². The molecule has 1 aliphatic heterocycles. The number of amides is 1. The number of benzene rings is 1. The average molecular weight is 690 g/mol. The monoisotopic (exact) mass is 689 g/mol. The lowest BCUT2D eigenvalue weighted by atomic mass is 9.44. The van der Waals surface area contributed by atoms with Crippen LogP contribution in [0.25, 0.3) is 0 Å². The Balaban J connectivity index is 1.81. The molecule has 2 bridgehead atoms. The van der Waals surface area contributed by atoms with Crippen LogP contribution < -0.4 is 10.1 Å². The van der Waals surface area contributed by atoms with E-state index in [9.17, 15) is 39.6 Å². The number of carbonyl (C=O) groups is 5. The van der Waals surface area contributed by atoms with Gasteiger partial charge in [0.05, 0.1) is 24.0 Å². The molecular formula is C34H43NO14. The normalized spacial score (nSPS) is 37.4. The van der Waals surface area contributed by atoms with Crippen LogP contribution >= 0.6 is 0 Å². The molecule has 11 atom stereocenters. The Kier molecular flexibility index (Phi) is 9.49. The van der Waals surface area contributed by atoms with Crippen molar-refractivity contribution in [3.63, 3.8) is 0 Å². The summed E-state index contributed by atoms with van der Waals surface area (Å²) < 4.78 is 29.9. The van der Waals surface area contributed by atoms with Gasteiger partial charge in [0.2, 0.25) is 6.41 Å². The lowest BCUT2D eigenvalue weighted by Gasteiger charge is -2.67. The van der Waals surface area contributed by atoms with E-state index in [1.54, 1.807) is 44.2 Å². The number of ketones is 1. The molecule has 1 saturated heterocycles. The summed E-state index contributed by atoms with van der Waals surface area (Å²) in [5.41, 5.74) is -6.95. The summed E-state index contributed by atoms with van der Waals surface area (Å²) in [5.74, 6) is -4.83. The second-order valence-electron chi connectivity index (χ2n) is 14.0. The summed E-state index contributed by atoms with van der Waals surface area (Å²) in [6.07, 6.45) is -11.8. The molecule has 268 valence electrons. The highest BCUT2D eigenvalue weighted by Gasteiger charge is 2.78. The molecule has 3 unspecified atom stereocenters. The number of ether oxygens (including phenoxy) is 5. The fourth-order valence-electron chi connectivity index (χ4n) is 8.41. The Morgan fingerprint density at radius 1 is 1.06 bits per heavy atom. The zero-order chi connectivity index (χ0) is 36.3. The largest absolute Gasteiger partial charge is 0.487 e. The molecule has 1 aromatic carbocycles. The van der Waals surface area contributed by atoms with Crippen LogP contribution in [0.1, 0.15) is 54.4 Å². The first-order valence-electron chi connectivity index (χ1n) is 16.0. The Bertz CT molecular complexity index is 1540. The SMILES string of the molecule is CC(=O)O[C@H]1C(=O)[C@]2(C)C(O)CC3OC[C@@]3(OC(C)=O)C2[C@H](Oc2ccccc2)[C@]2(O)C[C@H](OC(=O)[C@H](O)[C@H](O)NC=O)C(C)=C1C2(C)C. The van der Waals surface area contributed by atoms with Crippen molar-refractivity contribution in [1.82, 2.24) is 5.32 Å². The standard InChI is InChI=1S/C34H43NO14/c1-16-20(48-30(43)24(40)29(42)35-15-36)13-34(44)28(47-19-10-8-7-9-11-19)26-32(6,21(39)12-22-33(26,14-45-22)49-18(3)38)27(41)25(46-17(2)37)23(16)31(34,4)5/h7-11,15,20-22,24-26,28-29,39-40,42,44H,12-14H2,1-6H3,(H,35,36)/t20-,21?,22?,24+,25+,26?,28-,29-,32+,33-,34+/m0/s1. The van der Waals surface area contributed by atoms with Gasteiger partial charge in [-0.05, 0) is 37.1 Å². The zero-order valence-corrected chi connectivity index (χ0v) is 28.1. The Hall–Kier alpha value is -3.89. The third kappa shape index (κ3) is 5.61. The number of hydrogen-bond donors (Lipinski definition) is 5. The van der Waals surface area contributed by atoms with E-state index < -0.39 is 101 Å². The summed E-state index contributed by atoms with van der Waals surface area (Å²) in [5, 5.41) is 47.5. The predicted molar refractivity (Wildman–Crippen MR) is 165 cm³/mol. The highest BCUT2D eigenvalue weighted by molar-refractivity contribution is 5.95. The molecule has 2 saturated carbocycles. The van der Waals surface area contributed by atoms with Crippen LogP contribution in [-0.4, -0.2) is 111 Å². The minimum Gasteiger partial charge on any atom is -0.487 e. The fourth-order valence-corrected chi connectivity index (χ4v) is 8.41. The Labute approximate surface area is 282 Å². The second kappa shape index (κ2) is 12.8. The highest BCUT2D eigenvalue weighted by atomic mass is 16.6. The molecule has 4 aliphatic rings. The van der Waals surface area contributed by atoms with E-state index in [2.05, 4.69) is 0 Å². The molecule has 3 fully saturated rings. The van der Waals surface area contributed by atoms with Crippen LogP contribution in [0.4, 0.5) is 0 Å². The quantitative estimate of drug-likeness (QED) is 0.0748. The maximum absolute atomic E-state index is 15.1. The van der Waals surface area contributed by atoms with Crippen molar-refractivity contribution in [3.05, 3.63) is 41.5 Å². The lowest BCUT2D eigenvalue weighted by molar-refractivity contribution is -0.344. The first-order valence-corrected chi connectivity index (χ1v) is 16.0. The van der Waals surface area contributed by atoms with Gasteiger partial charge in [0, 0.05) is 32.1 Å². The molecule has 1 aromatic rings. The van der Waals surface area contributed by atoms with Gasteiger partial charge in [-0.15, -0.1) is 0 Å².